The summed E-state index contributed by atoms with van der Waals surface area (Å²) in [6.07, 6.45) is 7.74. The lowest BCUT2D eigenvalue weighted by Crippen LogP contribution is -2.19. The lowest BCUT2D eigenvalue weighted by molar-refractivity contribution is 0.502. The Morgan fingerprint density at radius 2 is 2.26 bits per heavy atom. The number of hydrogen-bond acceptors (Lipinski definition) is 4. The number of H-pyrrole nitrogens is 1. The van der Waals surface area contributed by atoms with Crippen LogP contribution in [-0.4, -0.2) is 25.6 Å². The highest BCUT2D eigenvalue weighted by atomic mass is 16.1. The van der Waals surface area contributed by atoms with Gasteiger partial charge in [0.05, 0.1) is 0 Å². The highest BCUT2D eigenvalue weighted by Gasteiger charge is 2.16. The maximum Gasteiger partial charge on any atom is 0.348 e. The molecule has 0 radical (unpaired) electrons. The maximum atomic E-state index is 11.3. The molecule has 0 aliphatic heterocycles. The van der Waals surface area contributed by atoms with Crippen molar-refractivity contribution < 1.29 is 0 Å². The molecule has 6 heteroatoms. The molecule has 2 atom stereocenters. The van der Waals surface area contributed by atoms with Crippen LogP contribution in [0.15, 0.2) is 17.2 Å². The Bertz CT molecular complexity index is 617. The Balaban J connectivity index is 1.75. The molecule has 2 heterocycles. The van der Waals surface area contributed by atoms with Crippen molar-refractivity contribution in [3.05, 3.63) is 22.9 Å². The average molecular weight is 261 g/mol. The highest BCUT2D eigenvalue weighted by molar-refractivity contribution is 5.48. The molecule has 0 bridgehead atoms. The van der Waals surface area contributed by atoms with E-state index in [1.807, 2.05) is 6.07 Å². The Hall–Kier alpha value is -1.85. The second-order valence-electron chi connectivity index (χ2n) is 5.49. The van der Waals surface area contributed by atoms with Crippen LogP contribution < -0.4 is 11.0 Å². The number of anilines is 1. The molecule has 102 valence electrons. The second-order valence-corrected chi connectivity index (χ2v) is 5.49. The van der Waals surface area contributed by atoms with E-state index in [2.05, 4.69) is 27.4 Å². The Morgan fingerprint density at radius 1 is 1.37 bits per heavy atom. The van der Waals surface area contributed by atoms with E-state index in [4.69, 9.17) is 0 Å². The molecular formula is C13H19N5O. The molecule has 0 aromatic carbocycles. The number of hydrogen-bond donors (Lipinski definition) is 2. The fourth-order valence-corrected chi connectivity index (χ4v) is 2.73. The molecule has 6 nitrogen and oxygen atoms in total. The van der Waals surface area contributed by atoms with E-state index in [-0.39, 0.29) is 5.69 Å². The van der Waals surface area contributed by atoms with Gasteiger partial charge >= 0.3 is 5.69 Å². The third kappa shape index (κ3) is 2.62. The zero-order chi connectivity index (χ0) is 13.2. The van der Waals surface area contributed by atoms with Crippen molar-refractivity contribution in [2.24, 2.45) is 5.92 Å². The van der Waals surface area contributed by atoms with Crippen LogP contribution in [0.5, 0.6) is 0 Å². The van der Waals surface area contributed by atoms with Crippen molar-refractivity contribution in [2.45, 2.75) is 45.1 Å². The first-order valence-electron chi connectivity index (χ1n) is 6.91. The maximum absolute atomic E-state index is 11.3. The van der Waals surface area contributed by atoms with E-state index < -0.39 is 0 Å². The molecule has 2 N–H and O–H groups in total. The SMILES string of the molecule is CC1CCCC(Nc2cc3n[nH]c(=O)n3cn2)CC1. The van der Waals surface area contributed by atoms with Crippen molar-refractivity contribution >= 4 is 11.5 Å². The minimum atomic E-state index is -0.252. The van der Waals surface area contributed by atoms with Gasteiger partial charge in [-0.1, -0.05) is 19.8 Å². The van der Waals surface area contributed by atoms with Crippen molar-refractivity contribution in [1.82, 2.24) is 19.6 Å². The number of aromatic nitrogens is 4. The third-order valence-electron chi connectivity index (χ3n) is 3.92. The molecule has 2 unspecified atom stereocenters. The minimum absolute atomic E-state index is 0.252. The zero-order valence-electron chi connectivity index (χ0n) is 11.1. The first-order chi connectivity index (χ1) is 9.22. The Morgan fingerprint density at radius 3 is 3.16 bits per heavy atom. The van der Waals surface area contributed by atoms with Gasteiger partial charge in [-0.3, -0.25) is 0 Å². The van der Waals surface area contributed by atoms with Gasteiger partial charge in [-0.2, -0.15) is 5.10 Å². The normalized spacial score (nSPS) is 24.3. The van der Waals surface area contributed by atoms with Gasteiger partial charge in [-0.05, 0) is 25.2 Å². The summed E-state index contributed by atoms with van der Waals surface area (Å²) >= 11 is 0. The largest absolute Gasteiger partial charge is 0.367 e. The summed E-state index contributed by atoms with van der Waals surface area (Å²) in [5, 5.41) is 9.82. The van der Waals surface area contributed by atoms with Crippen molar-refractivity contribution in [3.8, 4) is 0 Å². The van der Waals surface area contributed by atoms with E-state index in [0.29, 0.717) is 11.7 Å². The monoisotopic (exact) mass is 261 g/mol. The number of nitrogens with one attached hydrogen (secondary N) is 2. The van der Waals surface area contributed by atoms with E-state index in [1.165, 1.54) is 42.8 Å². The van der Waals surface area contributed by atoms with Gasteiger partial charge in [-0.15, -0.1) is 0 Å². The molecule has 1 aliphatic carbocycles. The van der Waals surface area contributed by atoms with Crippen molar-refractivity contribution in [3.63, 3.8) is 0 Å². The smallest absolute Gasteiger partial charge is 0.348 e. The molecular weight excluding hydrogens is 242 g/mol. The van der Waals surface area contributed by atoms with Crippen LogP contribution in [0.1, 0.15) is 39.0 Å². The molecule has 0 spiro atoms. The summed E-state index contributed by atoms with van der Waals surface area (Å²) in [6, 6.07) is 2.29. The van der Waals surface area contributed by atoms with Gasteiger partial charge in [0.1, 0.15) is 12.1 Å². The van der Waals surface area contributed by atoms with Crippen LogP contribution in [0.4, 0.5) is 5.82 Å². The highest BCUT2D eigenvalue weighted by Crippen LogP contribution is 2.24. The van der Waals surface area contributed by atoms with Gasteiger partial charge in [0.2, 0.25) is 0 Å². The molecule has 1 fully saturated rings. The molecule has 2 aromatic heterocycles. The van der Waals surface area contributed by atoms with Gasteiger partial charge in [0, 0.05) is 12.1 Å². The number of nitrogens with zero attached hydrogens (tertiary/aromatic N) is 3. The predicted molar refractivity (Wildman–Crippen MR) is 73.3 cm³/mol. The molecule has 0 saturated heterocycles. The number of fused-ring (bicyclic) bond motifs is 1. The van der Waals surface area contributed by atoms with Crippen molar-refractivity contribution in [1.29, 1.82) is 0 Å². The van der Waals surface area contributed by atoms with Gasteiger partial charge < -0.3 is 5.32 Å². The van der Waals surface area contributed by atoms with Crippen LogP contribution in [0.25, 0.3) is 5.65 Å². The Kier molecular flexibility index (Phi) is 3.23. The molecule has 1 aliphatic rings. The van der Waals surface area contributed by atoms with Gasteiger partial charge in [0.25, 0.3) is 0 Å². The quantitative estimate of drug-likeness (QED) is 0.808. The first-order valence-corrected chi connectivity index (χ1v) is 6.91. The van der Waals surface area contributed by atoms with E-state index >= 15 is 0 Å². The number of rotatable bonds is 2. The van der Waals surface area contributed by atoms with Gasteiger partial charge in [0.15, 0.2) is 5.65 Å². The van der Waals surface area contributed by atoms with E-state index in [9.17, 15) is 4.79 Å². The zero-order valence-corrected chi connectivity index (χ0v) is 11.1. The predicted octanol–water partition coefficient (Wildman–Crippen LogP) is 1.80. The standard InChI is InChI=1S/C13H19N5O/c1-9-3-2-4-10(6-5-9)15-11-7-12-16-17-13(19)18(12)8-14-11/h7-10,15H,2-6H2,1H3,(H,17,19). The summed E-state index contributed by atoms with van der Waals surface area (Å²) in [7, 11) is 0. The second kappa shape index (κ2) is 5.03. The van der Waals surface area contributed by atoms with Crippen LogP contribution >= 0.6 is 0 Å². The van der Waals surface area contributed by atoms with Crippen LogP contribution in [0.2, 0.25) is 0 Å². The lowest BCUT2D eigenvalue weighted by atomic mass is 10.0. The van der Waals surface area contributed by atoms with E-state index in [1.54, 1.807) is 0 Å². The minimum Gasteiger partial charge on any atom is -0.367 e. The molecule has 0 amide bonds. The molecule has 1 saturated carbocycles. The summed E-state index contributed by atoms with van der Waals surface area (Å²) in [4.78, 5) is 15.6. The average Bonchev–Trinajstić information content (AvgIpc) is 2.64. The van der Waals surface area contributed by atoms with E-state index in [0.717, 1.165) is 11.7 Å². The third-order valence-corrected chi connectivity index (χ3v) is 3.92. The van der Waals surface area contributed by atoms with Crippen LogP contribution in [-0.2, 0) is 0 Å². The number of aromatic amines is 1. The van der Waals surface area contributed by atoms with Crippen LogP contribution in [0.3, 0.4) is 0 Å². The fraction of sp³-hybridized carbons (Fsp3) is 0.615. The molecule has 3 rings (SSSR count). The summed E-state index contributed by atoms with van der Waals surface area (Å²) in [5.41, 5.74) is 0.349. The fourth-order valence-electron chi connectivity index (χ4n) is 2.73. The molecule has 19 heavy (non-hydrogen) atoms. The first kappa shape index (κ1) is 12.2. The lowest BCUT2D eigenvalue weighted by Gasteiger charge is -2.16. The summed E-state index contributed by atoms with van der Waals surface area (Å²) in [5.74, 6) is 1.62. The van der Waals surface area contributed by atoms with Crippen molar-refractivity contribution in [2.75, 3.05) is 5.32 Å². The summed E-state index contributed by atoms with van der Waals surface area (Å²) < 4.78 is 1.40. The topological polar surface area (TPSA) is 75.1 Å². The van der Waals surface area contributed by atoms with Crippen LogP contribution in [0, 0.1) is 5.92 Å². The Labute approximate surface area is 111 Å². The molecule has 2 aromatic rings. The van der Waals surface area contributed by atoms with Gasteiger partial charge in [-0.25, -0.2) is 19.3 Å². The summed E-state index contributed by atoms with van der Waals surface area (Å²) in [6.45, 7) is 2.32.